The van der Waals surface area contributed by atoms with E-state index in [1.54, 1.807) is 12.4 Å². The molecule has 162 valence electrons. The van der Waals surface area contributed by atoms with Crippen molar-refractivity contribution in [2.45, 2.75) is 19.5 Å². The molecule has 5 rings (SSSR count). The number of hydrogen-bond donors (Lipinski definition) is 0. The number of benzene rings is 2. The fraction of sp³-hybridized carbons (Fsp3) is 0.217. The van der Waals surface area contributed by atoms with Crippen LogP contribution < -0.4 is 9.47 Å². The topological polar surface area (TPSA) is 54.1 Å². The maximum absolute atomic E-state index is 5.92. The number of halogens is 2. The van der Waals surface area contributed by atoms with Gasteiger partial charge in [-0.3, -0.25) is 9.36 Å². The van der Waals surface area contributed by atoms with Crippen LogP contribution in [0.4, 0.5) is 0 Å². The molecule has 2 aromatic carbocycles. The summed E-state index contributed by atoms with van der Waals surface area (Å²) in [7, 11) is 0. The van der Waals surface area contributed by atoms with E-state index in [1.807, 2.05) is 46.0 Å². The van der Waals surface area contributed by atoms with Gasteiger partial charge in [0.1, 0.15) is 24.7 Å². The quantitative estimate of drug-likeness (QED) is 0.339. The monoisotopic (exact) mass is 458 g/mol. The summed E-state index contributed by atoms with van der Waals surface area (Å²) in [6, 6.07) is 16.5. The number of ether oxygens (including phenoxy) is 2. The zero-order valence-electron chi connectivity index (χ0n) is 16.9. The zero-order valence-corrected chi connectivity index (χ0v) is 18.5. The Kier molecular flexibility index (Phi) is 7.60. The maximum atomic E-state index is 5.92. The predicted octanol–water partition coefficient (Wildman–Crippen LogP) is 4.65. The van der Waals surface area contributed by atoms with Gasteiger partial charge in [0.2, 0.25) is 0 Å². The molecule has 0 unspecified atom stereocenters. The minimum absolute atomic E-state index is 0. The van der Waals surface area contributed by atoms with Crippen LogP contribution >= 0.6 is 24.8 Å². The molecule has 4 aromatic rings. The summed E-state index contributed by atoms with van der Waals surface area (Å²) in [6.07, 6.45) is 8.34. The van der Waals surface area contributed by atoms with E-state index in [2.05, 4.69) is 34.5 Å². The van der Waals surface area contributed by atoms with Crippen molar-refractivity contribution < 1.29 is 9.47 Å². The summed E-state index contributed by atoms with van der Waals surface area (Å²) in [5.41, 5.74) is 5.15. The van der Waals surface area contributed by atoms with Gasteiger partial charge in [0, 0.05) is 24.8 Å². The lowest BCUT2D eigenvalue weighted by Gasteiger charge is -2.09. The van der Waals surface area contributed by atoms with Gasteiger partial charge in [-0.05, 0) is 65.1 Å². The van der Waals surface area contributed by atoms with Crippen molar-refractivity contribution in [3.8, 4) is 22.6 Å². The number of hydrogen-bond acceptors (Lipinski definition) is 4. The van der Waals surface area contributed by atoms with Gasteiger partial charge in [0.05, 0.1) is 13.1 Å². The number of rotatable bonds is 8. The van der Waals surface area contributed by atoms with Crippen LogP contribution in [0.25, 0.3) is 11.1 Å². The summed E-state index contributed by atoms with van der Waals surface area (Å²) in [4.78, 5) is 0. The molecule has 1 aliphatic carbocycles. The molecule has 0 radical (unpaired) electrons. The molecule has 2 heterocycles. The van der Waals surface area contributed by atoms with Crippen molar-refractivity contribution >= 4 is 24.8 Å². The normalized spacial score (nSPS) is 11.1. The summed E-state index contributed by atoms with van der Waals surface area (Å²) in [5.74, 6) is 1.80. The largest absolute Gasteiger partial charge is 0.492 e. The van der Waals surface area contributed by atoms with Crippen LogP contribution in [0.3, 0.4) is 0 Å². The second-order valence-corrected chi connectivity index (χ2v) is 7.05. The third kappa shape index (κ3) is 5.21. The minimum atomic E-state index is 0. The molecule has 0 N–H and O–H groups in total. The Morgan fingerprint density at radius 1 is 0.710 bits per heavy atom. The highest BCUT2D eigenvalue weighted by Crippen LogP contribution is 2.39. The molecule has 1 aliphatic rings. The minimum Gasteiger partial charge on any atom is -0.492 e. The van der Waals surface area contributed by atoms with Crippen LogP contribution in [0.1, 0.15) is 11.1 Å². The lowest BCUT2D eigenvalue weighted by Crippen LogP contribution is -2.08. The second-order valence-electron chi connectivity index (χ2n) is 7.05. The average Bonchev–Trinajstić information content (AvgIpc) is 3.48. The highest BCUT2D eigenvalue weighted by atomic mass is 35.5. The van der Waals surface area contributed by atoms with Crippen LogP contribution in [0.15, 0.2) is 73.3 Å². The molecule has 8 heteroatoms. The number of aromatic nitrogens is 4. The van der Waals surface area contributed by atoms with E-state index >= 15 is 0 Å². The highest BCUT2D eigenvalue weighted by molar-refractivity contribution is 5.85. The van der Waals surface area contributed by atoms with Gasteiger partial charge in [0.15, 0.2) is 0 Å². The molecule has 0 atom stereocenters. The van der Waals surface area contributed by atoms with E-state index in [9.17, 15) is 0 Å². The van der Waals surface area contributed by atoms with Crippen molar-refractivity contribution in [1.29, 1.82) is 0 Å². The zero-order chi connectivity index (χ0) is 19.5. The van der Waals surface area contributed by atoms with Crippen molar-refractivity contribution in [3.05, 3.63) is 84.4 Å². The summed E-state index contributed by atoms with van der Waals surface area (Å²) < 4.78 is 15.6. The van der Waals surface area contributed by atoms with E-state index < -0.39 is 0 Å². The van der Waals surface area contributed by atoms with Crippen molar-refractivity contribution in [1.82, 2.24) is 19.6 Å². The molecule has 0 amide bonds. The van der Waals surface area contributed by atoms with Crippen LogP contribution in [-0.2, 0) is 19.5 Å². The molecule has 0 fully saturated rings. The first-order valence-corrected chi connectivity index (χ1v) is 9.82. The highest BCUT2D eigenvalue weighted by Gasteiger charge is 2.19. The Bertz CT molecular complexity index is 1010. The average molecular weight is 459 g/mol. The summed E-state index contributed by atoms with van der Waals surface area (Å²) >= 11 is 0. The van der Waals surface area contributed by atoms with Gasteiger partial charge in [-0.2, -0.15) is 10.2 Å². The molecule has 0 bridgehead atoms. The molecule has 2 aromatic heterocycles. The Labute approximate surface area is 193 Å². The lowest BCUT2D eigenvalue weighted by molar-refractivity contribution is 0.291. The molecule has 31 heavy (non-hydrogen) atoms. The Hall–Kier alpha value is -2.96. The standard InChI is InChI=1S/C23H22N4O2.2ClH/c1-7-24-26(9-1)11-13-28-20-3-5-22-18(16-20)15-19-17-21(4-6-23(19)22)29-14-12-27-10-2-8-25-27;;/h1-10,16-17H,11-15H2;2*1H. The Morgan fingerprint density at radius 2 is 1.19 bits per heavy atom. The molecular weight excluding hydrogens is 435 g/mol. The summed E-state index contributed by atoms with van der Waals surface area (Å²) in [5, 5.41) is 8.39. The molecule has 6 nitrogen and oxygen atoms in total. The van der Waals surface area contributed by atoms with E-state index in [1.165, 1.54) is 22.3 Å². The molecule has 0 spiro atoms. The Morgan fingerprint density at radius 3 is 1.61 bits per heavy atom. The first-order chi connectivity index (χ1) is 14.3. The lowest BCUT2D eigenvalue weighted by atomic mass is 10.1. The van der Waals surface area contributed by atoms with Gasteiger partial charge >= 0.3 is 0 Å². The van der Waals surface area contributed by atoms with Crippen molar-refractivity contribution in [2.75, 3.05) is 13.2 Å². The second kappa shape index (κ2) is 10.4. The number of fused-ring (bicyclic) bond motifs is 3. The first kappa shape index (κ1) is 22.7. The molecule has 0 aliphatic heterocycles. The van der Waals surface area contributed by atoms with Crippen LogP contribution in [0, 0.1) is 0 Å². The molecular formula is C23H24Cl2N4O2. The smallest absolute Gasteiger partial charge is 0.119 e. The van der Waals surface area contributed by atoms with Gasteiger partial charge in [-0.1, -0.05) is 12.1 Å². The van der Waals surface area contributed by atoms with E-state index in [-0.39, 0.29) is 24.8 Å². The predicted molar refractivity (Wildman–Crippen MR) is 125 cm³/mol. The third-order valence-corrected chi connectivity index (χ3v) is 5.12. The van der Waals surface area contributed by atoms with Gasteiger partial charge in [-0.15, -0.1) is 24.8 Å². The van der Waals surface area contributed by atoms with E-state index in [0.717, 1.165) is 31.0 Å². The van der Waals surface area contributed by atoms with Gasteiger partial charge in [0.25, 0.3) is 0 Å². The number of nitrogens with zero attached hydrogens (tertiary/aromatic N) is 4. The van der Waals surface area contributed by atoms with Gasteiger partial charge in [-0.25, -0.2) is 0 Å². The SMILES string of the molecule is Cl.Cl.c1cnn(CCOc2ccc3c(c2)Cc2cc(OCCn4cccn4)ccc2-3)c1. The molecule has 0 saturated carbocycles. The van der Waals surface area contributed by atoms with Crippen LogP contribution in [0.5, 0.6) is 11.5 Å². The van der Waals surface area contributed by atoms with Crippen LogP contribution in [0.2, 0.25) is 0 Å². The van der Waals surface area contributed by atoms with Crippen molar-refractivity contribution in [3.63, 3.8) is 0 Å². The fourth-order valence-electron chi connectivity index (χ4n) is 3.72. The van der Waals surface area contributed by atoms with E-state index in [0.29, 0.717) is 13.2 Å². The van der Waals surface area contributed by atoms with E-state index in [4.69, 9.17) is 9.47 Å². The maximum Gasteiger partial charge on any atom is 0.119 e. The molecule has 0 saturated heterocycles. The third-order valence-electron chi connectivity index (χ3n) is 5.12. The first-order valence-electron chi connectivity index (χ1n) is 9.82. The Balaban J connectivity index is 0.00000136. The summed E-state index contributed by atoms with van der Waals surface area (Å²) in [6.45, 7) is 2.68. The van der Waals surface area contributed by atoms with Crippen molar-refractivity contribution in [2.24, 2.45) is 0 Å². The van der Waals surface area contributed by atoms with Gasteiger partial charge < -0.3 is 9.47 Å². The fourth-order valence-corrected chi connectivity index (χ4v) is 3.72. The van der Waals surface area contributed by atoms with Crippen LogP contribution in [-0.4, -0.2) is 32.8 Å².